The van der Waals surface area contributed by atoms with Gasteiger partial charge in [0.2, 0.25) is 5.91 Å². The van der Waals surface area contributed by atoms with Crippen molar-refractivity contribution in [2.24, 2.45) is 0 Å². The summed E-state index contributed by atoms with van der Waals surface area (Å²) in [4.78, 5) is 26.4. The molecule has 2 rings (SSSR count). The van der Waals surface area contributed by atoms with Crippen molar-refractivity contribution in [3.05, 3.63) is 71.3 Å². The Kier molecular flexibility index (Phi) is 8.69. The summed E-state index contributed by atoms with van der Waals surface area (Å²) in [6, 6.07) is 17.8. The molecule has 5 nitrogen and oxygen atoms in total. The van der Waals surface area contributed by atoms with Gasteiger partial charge >= 0.3 is 0 Å². The van der Waals surface area contributed by atoms with Gasteiger partial charge in [0, 0.05) is 37.7 Å². The van der Waals surface area contributed by atoms with Gasteiger partial charge in [-0.05, 0) is 50.6 Å². The van der Waals surface area contributed by atoms with E-state index < -0.39 is 0 Å². The fourth-order valence-electron chi connectivity index (χ4n) is 2.76. The van der Waals surface area contributed by atoms with Crippen LogP contribution < -0.4 is 10.6 Å². The monoisotopic (exact) mass is 381 g/mol. The van der Waals surface area contributed by atoms with Crippen LogP contribution in [0.1, 0.15) is 48.2 Å². The molecule has 0 unspecified atom stereocenters. The van der Waals surface area contributed by atoms with Crippen molar-refractivity contribution in [1.82, 2.24) is 15.5 Å². The van der Waals surface area contributed by atoms with Crippen LogP contribution >= 0.6 is 0 Å². The number of benzene rings is 2. The normalized spacial score (nSPS) is 10.9. The lowest BCUT2D eigenvalue weighted by Crippen LogP contribution is -2.28. The first kappa shape index (κ1) is 21.6. The molecular formula is C23H31N3O2. The molecule has 0 saturated heterocycles. The van der Waals surface area contributed by atoms with Crippen LogP contribution in [0, 0.1) is 0 Å². The van der Waals surface area contributed by atoms with Gasteiger partial charge in [-0.25, -0.2) is 0 Å². The van der Waals surface area contributed by atoms with Crippen molar-refractivity contribution in [2.75, 3.05) is 13.6 Å². The molecule has 150 valence electrons. The van der Waals surface area contributed by atoms with Crippen LogP contribution in [0.5, 0.6) is 0 Å². The lowest BCUT2D eigenvalue weighted by molar-refractivity contribution is -0.121. The summed E-state index contributed by atoms with van der Waals surface area (Å²) in [7, 11) is 2.10. The number of hydrogen-bond acceptors (Lipinski definition) is 3. The van der Waals surface area contributed by atoms with Gasteiger partial charge in [-0.3, -0.25) is 14.5 Å². The van der Waals surface area contributed by atoms with Crippen LogP contribution in [0.25, 0.3) is 0 Å². The first-order valence-electron chi connectivity index (χ1n) is 9.84. The average molecular weight is 382 g/mol. The van der Waals surface area contributed by atoms with Crippen molar-refractivity contribution >= 4 is 11.8 Å². The maximum Gasteiger partial charge on any atom is 0.251 e. The fourth-order valence-corrected chi connectivity index (χ4v) is 2.76. The van der Waals surface area contributed by atoms with Gasteiger partial charge in [0.05, 0.1) is 0 Å². The molecule has 0 aliphatic heterocycles. The topological polar surface area (TPSA) is 61.4 Å². The Hall–Kier alpha value is -2.66. The largest absolute Gasteiger partial charge is 0.352 e. The summed E-state index contributed by atoms with van der Waals surface area (Å²) >= 11 is 0. The van der Waals surface area contributed by atoms with E-state index in [1.165, 1.54) is 5.56 Å². The van der Waals surface area contributed by atoms with E-state index in [4.69, 9.17) is 0 Å². The van der Waals surface area contributed by atoms with Crippen LogP contribution in [0.4, 0.5) is 0 Å². The minimum absolute atomic E-state index is 0.000905. The molecule has 0 spiro atoms. The minimum Gasteiger partial charge on any atom is -0.352 e. The lowest BCUT2D eigenvalue weighted by Gasteiger charge is -2.22. The molecule has 2 aromatic rings. The van der Waals surface area contributed by atoms with E-state index in [1.807, 2.05) is 30.3 Å². The van der Waals surface area contributed by atoms with E-state index in [1.54, 1.807) is 12.1 Å². The molecule has 0 aromatic heterocycles. The molecule has 0 bridgehead atoms. The Balaban J connectivity index is 1.72. The Bertz CT molecular complexity index is 759. The number of hydrogen-bond donors (Lipinski definition) is 2. The van der Waals surface area contributed by atoms with E-state index in [2.05, 4.69) is 48.6 Å². The highest BCUT2D eigenvalue weighted by molar-refractivity contribution is 5.94. The smallest absolute Gasteiger partial charge is 0.251 e. The van der Waals surface area contributed by atoms with Crippen LogP contribution in [0.2, 0.25) is 0 Å². The molecule has 5 heteroatoms. The summed E-state index contributed by atoms with van der Waals surface area (Å²) in [5.74, 6) is -0.106. The highest BCUT2D eigenvalue weighted by atomic mass is 16.2. The molecule has 28 heavy (non-hydrogen) atoms. The zero-order valence-electron chi connectivity index (χ0n) is 17.1. The highest BCUT2D eigenvalue weighted by Crippen LogP contribution is 2.12. The molecule has 0 heterocycles. The quantitative estimate of drug-likeness (QED) is 0.621. The molecule has 0 aliphatic rings. The standard InChI is InChI=1S/C23H31N3O2/c1-18(2)26(3)17-21-13-8-7-12-20(21)16-25-22(27)14-9-15-24-23(28)19-10-5-4-6-11-19/h4-8,10-13,18H,9,14-17H2,1-3H3,(H,24,28)(H,25,27). The van der Waals surface area contributed by atoms with Crippen LogP contribution in [0.15, 0.2) is 54.6 Å². The zero-order chi connectivity index (χ0) is 20.4. The van der Waals surface area contributed by atoms with E-state index in [0.717, 1.165) is 12.1 Å². The van der Waals surface area contributed by atoms with Gasteiger partial charge in [0.1, 0.15) is 0 Å². The summed E-state index contributed by atoms with van der Waals surface area (Å²) in [6.45, 7) is 6.20. The number of nitrogens with zero attached hydrogens (tertiary/aromatic N) is 1. The zero-order valence-corrected chi connectivity index (χ0v) is 17.1. The van der Waals surface area contributed by atoms with Gasteiger partial charge in [-0.15, -0.1) is 0 Å². The lowest BCUT2D eigenvalue weighted by atomic mass is 10.1. The fraction of sp³-hybridized carbons (Fsp3) is 0.391. The van der Waals surface area contributed by atoms with E-state index >= 15 is 0 Å². The van der Waals surface area contributed by atoms with Gasteiger partial charge in [-0.1, -0.05) is 42.5 Å². The van der Waals surface area contributed by atoms with Gasteiger partial charge in [0.15, 0.2) is 0 Å². The molecule has 0 saturated carbocycles. The molecule has 0 atom stereocenters. The second-order valence-corrected chi connectivity index (χ2v) is 7.28. The number of amides is 2. The first-order valence-corrected chi connectivity index (χ1v) is 9.84. The highest BCUT2D eigenvalue weighted by Gasteiger charge is 2.09. The summed E-state index contributed by atoms with van der Waals surface area (Å²) < 4.78 is 0. The Morgan fingerprint density at radius 2 is 1.57 bits per heavy atom. The van der Waals surface area contributed by atoms with Crippen LogP contribution in [0.3, 0.4) is 0 Å². The van der Waals surface area contributed by atoms with Crippen LogP contribution in [-0.4, -0.2) is 36.3 Å². The van der Waals surface area contributed by atoms with Gasteiger partial charge in [0.25, 0.3) is 5.91 Å². The molecule has 2 aromatic carbocycles. The Labute approximate surface area is 168 Å². The summed E-state index contributed by atoms with van der Waals surface area (Å²) in [5.41, 5.74) is 3.00. The van der Waals surface area contributed by atoms with Crippen LogP contribution in [-0.2, 0) is 17.9 Å². The molecule has 0 fully saturated rings. The number of rotatable bonds is 10. The van der Waals surface area contributed by atoms with E-state index in [9.17, 15) is 9.59 Å². The Morgan fingerprint density at radius 1 is 0.929 bits per heavy atom. The molecular weight excluding hydrogens is 350 g/mol. The predicted octanol–water partition coefficient (Wildman–Crippen LogP) is 3.35. The second kappa shape index (κ2) is 11.2. The number of carbonyl (C=O) groups is 2. The maximum atomic E-state index is 12.1. The Morgan fingerprint density at radius 3 is 2.25 bits per heavy atom. The van der Waals surface area contributed by atoms with E-state index in [0.29, 0.717) is 37.5 Å². The SMILES string of the molecule is CC(C)N(C)Cc1ccccc1CNC(=O)CCCNC(=O)c1ccccc1. The third-order valence-electron chi connectivity index (χ3n) is 4.80. The maximum absolute atomic E-state index is 12.1. The predicted molar refractivity (Wildman–Crippen MR) is 113 cm³/mol. The number of nitrogens with one attached hydrogen (secondary N) is 2. The first-order chi connectivity index (χ1) is 13.5. The second-order valence-electron chi connectivity index (χ2n) is 7.28. The minimum atomic E-state index is -0.107. The third-order valence-corrected chi connectivity index (χ3v) is 4.80. The molecule has 0 aliphatic carbocycles. The summed E-state index contributed by atoms with van der Waals surface area (Å²) in [5, 5.41) is 5.84. The molecule has 2 N–H and O–H groups in total. The molecule has 2 amide bonds. The van der Waals surface area contributed by atoms with Crippen molar-refractivity contribution in [3.63, 3.8) is 0 Å². The van der Waals surface area contributed by atoms with Crippen molar-refractivity contribution in [1.29, 1.82) is 0 Å². The van der Waals surface area contributed by atoms with Gasteiger partial charge < -0.3 is 10.6 Å². The third kappa shape index (κ3) is 7.16. The van der Waals surface area contributed by atoms with E-state index in [-0.39, 0.29) is 11.8 Å². The summed E-state index contributed by atoms with van der Waals surface area (Å²) in [6.07, 6.45) is 1.01. The van der Waals surface area contributed by atoms with Crippen molar-refractivity contribution in [2.45, 2.75) is 45.8 Å². The van der Waals surface area contributed by atoms with Crippen molar-refractivity contribution in [3.8, 4) is 0 Å². The number of carbonyl (C=O) groups excluding carboxylic acids is 2. The van der Waals surface area contributed by atoms with Gasteiger partial charge in [-0.2, -0.15) is 0 Å². The molecule has 0 radical (unpaired) electrons. The van der Waals surface area contributed by atoms with Crippen molar-refractivity contribution < 1.29 is 9.59 Å². The average Bonchev–Trinajstić information content (AvgIpc) is 2.71.